The van der Waals surface area contributed by atoms with Gasteiger partial charge in [0.15, 0.2) is 0 Å². The van der Waals surface area contributed by atoms with Crippen LogP contribution < -0.4 is 5.73 Å². The lowest BCUT2D eigenvalue weighted by Gasteiger charge is -2.08. The molecule has 15 heavy (non-hydrogen) atoms. The summed E-state index contributed by atoms with van der Waals surface area (Å²) in [5, 5.41) is 3.78. The van der Waals surface area contributed by atoms with Crippen molar-refractivity contribution in [1.29, 1.82) is 0 Å². The van der Waals surface area contributed by atoms with E-state index in [1.165, 1.54) is 17.1 Å². The van der Waals surface area contributed by atoms with Crippen LogP contribution in [0.2, 0.25) is 0 Å². The molecule has 0 spiro atoms. The van der Waals surface area contributed by atoms with E-state index >= 15 is 0 Å². The van der Waals surface area contributed by atoms with Gasteiger partial charge in [-0.2, -0.15) is 0 Å². The van der Waals surface area contributed by atoms with Crippen LogP contribution in [0.25, 0.3) is 0 Å². The number of halogens is 1. The Kier molecular flexibility index (Phi) is 3.45. The second kappa shape index (κ2) is 4.83. The van der Waals surface area contributed by atoms with Crippen LogP contribution in [-0.4, -0.2) is 9.59 Å². The Bertz CT molecular complexity index is 430. The van der Waals surface area contributed by atoms with E-state index in [0.29, 0.717) is 0 Å². The molecular formula is C10H10BrN3S. The Labute approximate surface area is 101 Å². The minimum atomic E-state index is -0.0145. The van der Waals surface area contributed by atoms with Crippen molar-refractivity contribution in [3.05, 3.63) is 45.4 Å². The molecule has 1 aromatic heterocycles. The van der Waals surface area contributed by atoms with E-state index in [0.717, 1.165) is 15.8 Å². The molecule has 0 aliphatic carbocycles. The van der Waals surface area contributed by atoms with Crippen LogP contribution in [0.5, 0.6) is 0 Å². The van der Waals surface area contributed by atoms with E-state index in [-0.39, 0.29) is 6.04 Å². The first-order valence-corrected chi connectivity index (χ1v) is 6.09. The van der Waals surface area contributed by atoms with Crippen molar-refractivity contribution in [3.8, 4) is 0 Å². The average Bonchev–Trinajstić information content (AvgIpc) is 2.70. The van der Waals surface area contributed by atoms with Gasteiger partial charge in [-0.25, -0.2) is 0 Å². The molecular weight excluding hydrogens is 274 g/mol. The molecule has 0 bridgehead atoms. The van der Waals surface area contributed by atoms with Crippen molar-refractivity contribution in [2.24, 2.45) is 5.73 Å². The summed E-state index contributed by atoms with van der Waals surface area (Å²) >= 11 is 4.79. The summed E-state index contributed by atoms with van der Waals surface area (Å²) in [5.74, 6) is 0. The van der Waals surface area contributed by atoms with Crippen molar-refractivity contribution in [2.75, 3.05) is 0 Å². The molecule has 1 unspecified atom stereocenters. The molecule has 1 aromatic carbocycles. The van der Waals surface area contributed by atoms with E-state index < -0.39 is 0 Å². The highest BCUT2D eigenvalue weighted by Crippen LogP contribution is 2.19. The lowest BCUT2D eigenvalue weighted by Crippen LogP contribution is -2.11. The van der Waals surface area contributed by atoms with Crippen LogP contribution in [0, 0.1) is 0 Å². The van der Waals surface area contributed by atoms with Gasteiger partial charge in [0.2, 0.25) is 0 Å². The van der Waals surface area contributed by atoms with E-state index in [1.807, 2.05) is 12.1 Å². The number of nitrogens with zero attached hydrogens (tertiary/aromatic N) is 2. The number of nitrogens with two attached hydrogens (primary N) is 1. The van der Waals surface area contributed by atoms with Crippen LogP contribution in [0.15, 0.2) is 34.9 Å². The molecule has 2 rings (SSSR count). The molecule has 0 saturated heterocycles. The van der Waals surface area contributed by atoms with Gasteiger partial charge in [-0.15, -0.1) is 5.10 Å². The quantitative estimate of drug-likeness (QED) is 0.942. The standard InChI is InChI=1S/C10H10BrN3S/c11-8-3-1-2-7(4-8)5-9(12)10-6-13-14-15-10/h1-4,6,9H,5,12H2. The second-order valence-corrected chi connectivity index (χ2v) is 4.99. The van der Waals surface area contributed by atoms with Gasteiger partial charge >= 0.3 is 0 Å². The van der Waals surface area contributed by atoms with Crippen LogP contribution in [-0.2, 0) is 6.42 Å². The average molecular weight is 284 g/mol. The molecule has 1 heterocycles. The first-order valence-electron chi connectivity index (χ1n) is 4.53. The van der Waals surface area contributed by atoms with Gasteiger partial charge in [0.1, 0.15) is 0 Å². The van der Waals surface area contributed by atoms with Crippen LogP contribution >= 0.6 is 27.5 Å². The van der Waals surface area contributed by atoms with E-state index in [4.69, 9.17) is 5.73 Å². The molecule has 0 fully saturated rings. The highest BCUT2D eigenvalue weighted by molar-refractivity contribution is 9.10. The second-order valence-electron chi connectivity index (χ2n) is 3.26. The van der Waals surface area contributed by atoms with Gasteiger partial charge < -0.3 is 5.73 Å². The molecule has 2 aromatic rings. The molecule has 78 valence electrons. The smallest absolute Gasteiger partial charge is 0.0669 e. The summed E-state index contributed by atoms with van der Waals surface area (Å²) in [6, 6.07) is 8.15. The minimum Gasteiger partial charge on any atom is -0.323 e. The van der Waals surface area contributed by atoms with E-state index in [2.05, 4.69) is 37.6 Å². The molecule has 5 heteroatoms. The minimum absolute atomic E-state index is 0.0145. The van der Waals surface area contributed by atoms with E-state index in [1.54, 1.807) is 6.20 Å². The van der Waals surface area contributed by atoms with Crippen molar-refractivity contribution in [3.63, 3.8) is 0 Å². The van der Waals surface area contributed by atoms with Crippen LogP contribution in [0.1, 0.15) is 16.5 Å². The number of hydrogen-bond donors (Lipinski definition) is 1. The number of rotatable bonds is 3. The molecule has 0 radical (unpaired) electrons. The highest BCUT2D eigenvalue weighted by atomic mass is 79.9. The Morgan fingerprint density at radius 1 is 1.47 bits per heavy atom. The maximum Gasteiger partial charge on any atom is 0.0669 e. The molecule has 0 aliphatic heterocycles. The van der Waals surface area contributed by atoms with Gasteiger partial charge in [0, 0.05) is 10.5 Å². The van der Waals surface area contributed by atoms with Gasteiger partial charge in [-0.1, -0.05) is 32.6 Å². The van der Waals surface area contributed by atoms with Crippen molar-refractivity contribution in [1.82, 2.24) is 9.59 Å². The lowest BCUT2D eigenvalue weighted by molar-refractivity contribution is 0.734. The molecule has 0 aliphatic rings. The van der Waals surface area contributed by atoms with Gasteiger partial charge in [0.05, 0.1) is 11.1 Å². The van der Waals surface area contributed by atoms with E-state index in [9.17, 15) is 0 Å². The first kappa shape index (κ1) is 10.7. The Balaban J connectivity index is 2.09. The lowest BCUT2D eigenvalue weighted by atomic mass is 10.1. The summed E-state index contributed by atoms with van der Waals surface area (Å²) in [5.41, 5.74) is 7.25. The predicted molar refractivity (Wildman–Crippen MR) is 64.7 cm³/mol. The Hall–Kier alpha value is -0.780. The fourth-order valence-corrected chi connectivity index (χ4v) is 2.30. The zero-order valence-corrected chi connectivity index (χ0v) is 10.3. The number of hydrogen-bond acceptors (Lipinski definition) is 4. The van der Waals surface area contributed by atoms with Crippen LogP contribution in [0.3, 0.4) is 0 Å². The van der Waals surface area contributed by atoms with Crippen molar-refractivity contribution in [2.45, 2.75) is 12.5 Å². The third-order valence-electron chi connectivity index (χ3n) is 2.09. The fraction of sp³-hybridized carbons (Fsp3) is 0.200. The molecule has 0 saturated carbocycles. The topological polar surface area (TPSA) is 51.8 Å². The largest absolute Gasteiger partial charge is 0.323 e. The van der Waals surface area contributed by atoms with Crippen molar-refractivity contribution < 1.29 is 0 Å². The molecule has 2 N–H and O–H groups in total. The van der Waals surface area contributed by atoms with Crippen LogP contribution in [0.4, 0.5) is 0 Å². The monoisotopic (exact) mass is 283 g/mol. The summed E-state index contributed by atoms with van der Waals surface area (Å²) in [4.78, 5) is 1.02. The number of benzene rings is 1. The fourth-order valence-electron chi connectivity index (χ4n) is 1.36. The third kappa shape index (κ3) is 2.84. The summed E-state index contributed by atoms with van der Waals surface area (Å²) < 4.78 is 4.88. The third-order valence-corrected chi connectivity index (χ3v) is 3.38. The maximum absolute atomic E-state index is 6.04. The summed E-state index contributed by atoms with van der Waals surface area (Å²) in [6.45, 7) is 0. The zero-order chi connectivity index (χ0) is 10.7. The number of aromatic nitrogens is 2. The summed E-state index contributed by atoms with van der Waals surface area (Å²) in [7, 11) is 0. The Morgan fingerprint density at radius 2 is 2.33 bits per heavy atom. The normalized spacial score (nSPS) is 12.7. The molecule has 3 nitrogen and oxygen atoms in total. The van der Waals surface area contributed by atoms with Gasteiger partial charge in [0.25, 0.3) is 0 Å². The molecule has 1 atom stereocenters. The van der Waals surface area contributed by atoms with Crippen molar-refractivity contribution >= 4 is 27.5 Å². The Morgan fingerprint density at radius 3 is 3.00 bits per heavy atom. The summed E-state index contributed by atoms with van der Waals surface area (Å²) in [6.07, 6.45) is 2.54. The zero-order valence-electron chi connectivity index (χ0n) is 7.93. The SMILES string of the molecule is NC(Cc1cccc(Br)c1)c1cnns1. The van der Waals surface area contributed by atoms with Gasteiger partial charge in [-0.05, 0) is 35.6 Å². The highest BCUT2D eigenvalue weighted by Gasteiger charge is 2.09. The molecule has 0 amide bonds. The van der Waals surface area contributed by atoms with Gasteiger partial charge in [-0.3, -0.25) is 0 Å². The predicted octanol–water partition coefficient (Wildman–Crippen LogP) is 2.54. The first-order chi connectivity index (χ1) is 7.25. The maximum atomic E-state index is 6.04.